The molecule has 0 atom stereocenters. The molecule has 7 heteroatoms. The van der Waals surface area contributed by atoms with Crippen molar-refractivity contribution in [3.05, 3.63) is 29.5 Å². The number of halogens is 3. The highest BCUT2D eigenvalue weighted by atomic mass is 19.4. The van der Waals surface area contributed by atoms with E-state index in [0.717, 1.165) is 0 Å². The Morgan fingerprint density at radius 2 is 1.88 bits per heavy atom. The highest BCUT2D eigenvalue weighted by Gasteiger charge is 2.35. The normalized spacial score (nSPS) is 11.8. The first kappa shape index (κ1) is 11.6. The van der Waals surface area contributed by atoms with E-state index in [1.54, 1.807) is 6.92 Å². The maximum Gasteiger partial charge on any atom is 0.451 e. The predicted molar refractivity (Wildman–Crippen MR) is 54.1 cm³/mol. The van der Waals surface area contributed by atoms with Gasteiger partial charge < -0.3 is 0 Å². The fourth-order valence-electron chi connectivity index (χ4n) is 1.42. The zero-order valence-corrected chi connectivity index (χ0v) is 9.13. The predicted octanol–water partition coefficient (Wildman–Crippen LogP) is 2.50. The van der Waals surface area contributed by atoms with Gasteiger partial charge in [0.25, 0.3) is 0 Å². The number of nitrogens with zero attached hydrogens (tertiary/aromatic N) is 3. The van der Waals surface area contributed by atoms with Gasteiger partial charge in [0, 0.05) is 17.5 Å². The molecule has 90 valence electrons. The summed E-state index contributed by atoms with van der Waals surface area (Å²) in [5, 5.41) is 6.24. The number of hydrogen-bond acceptors (Lipinski definition) is 3. The highest BCUT2D eigenvalue weighted by Crippen LogP contribution is 2.30. The van der Waals surface area contributed by atoms with Gasteiger partial charge in [0.2, 0.25) is 5.82 Å². The van der Waals surface area contributed by atoms with Crippen molar-refractivity contribution < 1.29 is 13.2 Å². The molecule has 0 unspecified atom stereocenters. The maximum atomic E-state index is 12.6. The van der Waals surface area contributed by atoms with Crippen molar-refractivity contribution in [1.29, 1.82) is 0 Å². The molecule has 0 aromatic carbocycles. The largest absolute Gasteiger partial charge is 0.451 e. The van der Waals surface area contributed by atoms with Crippen molar-refractivity contribution >= 4 is 0 Å². The fourth-order valence-corrected chi connectivity index (χ4v) is 1.42. The number of rotatable bonds is 1. The Morgan fingerprint density at radius 3 is 2.41 bits per heavy atom. The van der Waals surface area contributed by atoms with Gasteiger partial charge in [0.15, 0.2) is 0 Å². The van der Waals surface area contributed by atoms with Crippen LogP contribution in [0, 0.1) is 13.8 Å². The molecular weight excluding hydrogens is 233 g/mol. The van der Waals surface area contributed by atoms with Crippen LogP contribution in [0.2, 0.25) is 0 Å². The van der Waals surface area contributed by atoms with Crippen molar-refractivity contribution in [3.63, 3.8) is 0 Å². The highest BCUT2D eigenvalue weighted by molar-refractivity contribution is 5.61. The molecule has 0 fully saturated rings. The second kappa shape index (κ2) is 3.83. The van der Waals surface area contributed by atoms with Gasteiger partial charge in [-0.1, -0.05) is 0 Å². The average Bonchev–Trinajstić information content (AvgIpc) is 2.73. The lowest BCUT2D eigenvalue weighted by molar-refractivity contribution is -0.145. The third-order valence-corrected chi connectivity index (χ3v) is 2.41. The van der Waals surface area contributed by atoms with Crippen LogP contribution in [0.4, 0.5) is 13.2 Å². The summed E-state index contributed by atoms with van der Waals surface area (Å²) in [6, 6.07) is 0. The summed E-state index contributed by atoms with van der Waals surface area (Å²) in [5.41, 5.74) is 1.68. The Balaban J connectivity index is 2.64. The van der Waals surface area contributed by atoms with Crippen molar-refractivity contribution in [2.45, 2.75) is 20.0 Å². The lowest BCUT2D eigenvalue weighted by Gasteiger charge is -2.10. The number of alkyl halides is 3. The second-order valence-electron chi connectivity index (χ2n) is 3.59. The van der Waals surface area contributed by atoms with Crippen LogP contribution in [0.5, 0.6) is 0 Å². The van der Waals surface area contributed by atoms with E-state index in [1.165, 1.54) is 19.3 Å². The number of aromatic amines is 1. The maximum absolute atomic E-state index is 12.6. The van der Waals surface area contributed by atoms with Crippen LogP contribution in [-0.2, 0) is 6.18 Å². The minimum atomic E-state index is -4.54. The van der Waals surface area contributed by atoms with E-state index >= 15 is 0 Å². The van der Waals surface area contributed by atoms with Crippen LogP contribution in [0.25, 0.3) is 11.3 Å². The van der Waals surface area contributed by atoms with Gasteiger partial charge in [-0.3, -0.25) is 5.10 Å². The van der Waals surface area contributed by atoms with Crippen molar-refractivity contribution in [1.82, 2.24) is 20.2 Å². The third-order valence-electron chi connectivity index (χ3n) is 2.41. The van der Waals surface area contributed by atoms with Gasteiger partial charge >= 0.3 is 6.18 Å². The Labute approximate surface area is 94.9 Å². The van der Waals surface area contributed by atoms with E-state index in [9.17, 15) is 13.2 Å². The van der Waals surface area contributed by atoms with Crippen molar-refractivity contribution in [3.8, 4) is 11.3 Å². The summed E-state index contributed by atoms with van der Waals surface area (Å²) < 4.78 is 37.7. The van der Waals surface area contributed by atoms with Gasteiger partial charge in [0.1, 0.15) is 0 Å². The van der Waals surface area contributed by atoms with Gasteiger partial charge in [-0.15, -0.1) is 0 Å². The van der Waals surface area contributed by atoms with Gasteiger partial charge in [-0.2, -0.15) is 18.3 Å². The summed E-state index contributed by atoms with van der Waals surface area (Å²) in [6.07, 6.45) is -1.62. The molecule has 0 radical (unpaired) electrons. The van der Waals surface area contributed by atoms with E-state index in [4.69, 9.17) is 0 Å². The lowest BCUT2D eigenvalue weighted by Crippen LogP contribution is -2.13. The zero-order valence-electron chi connectivity index (χ0n) is 9.13. The quantitative estimate of drug-likeness (QED) is 0.835. The summed E-state index contributed by atoms with van der Waals surface area (Å²) in [4.78, 5) is 7.00. The van der Waals surface area contributed by atoms with Crippen LogP contribution >= 0.6 is 0 Å². The Kier molecular flexibility index (Phi) is 2.60. The van der Waals surface area contributed by atoms with Gasteiger partial charge in [-0.05, 0) is 19.4 Å². The van der Waals surface area contributed by atoms with Crippen LogP contribution in [0.1, 0.15) is 17.1 Å². The van der Waals surface area contributed by atoms with Crippen LogP contribution in [0.3, 0.4) is 0 Å². The first-order valence-electron chi connectivity index (χ1n) is 4.81. The first-order valence-corrected chi connectivity index (χ1v) is 4.81. The molecule has 1 N–H and O–H groups in total. The summed E-state index contributed by atoms with van der Waals surface area (Å²) in [7, 11) is 0. The molecule has 2 aromatic heterocycles. The number of aromatic nitrogens is 4. The fraction of sp³-hybridized carbons (Fsp3) is 0.300. The van der Waals surface area contributed by atoms with E-state index in [0.29, 0.717) is 16.8 Å². The SMILES string of the molecule is Cc1nc(C(F)(F)F)nc(-c2cn[nH]c2)c1C. The van der Waals surface area contributed by atoms with Crippen LogP contribution < -0.4 is 0 Å². The Bertz CT molecular complexity index is 531. The molecule has 2 heterocycles. The third kappa shape index (κ3) is 2.13. The van der Waals surface area contributed by atoms with Crippen LogP contribution in [-0.4, -0.2) is 20.2 Å². The molecule has 0 saturated heterocycles. The van der Waals surface area contributed by atoms with Crippen LogP contribution in [0.15, 0.2) is 12.4 Å². The topological polar surface area (TPSA) is 54.5 Å². The molecule has 2 aromatic rings. The molecular formula is C10H9F3N4. The standard InChI is InChI=1S/C10H9F3N4/c1-5-6(2)16-9(10(11,12)13)17-8(5)7-3-14-15-4-7/h3-4H,1-2H3,(H,14,15). The van der Waals surface area contributed by atoms with E-state index in [1.807, 2.05) is 0 Å². The number of aryl methyl sites for hydroxylation is 1. The van der Waals surface area contributed by atoms with Crippen molar-refractivity contribution in [2.24, 2.45) is 0 Å². The number of H-pyrrole nitrogens is 1. The molecule has 0 spiro atoms. The summed E-state index contributed by atoms with van der Waals surface area (Å²) in [6.45, 7) is 3.20. The van der Waals surface area contributed by atoms with Gasteiger partial charge in [-0.25, -0.2) is 9.97 Å². The summed E-state index contributed by atoms with van der Waals surface area (Å²) >= 11 is 0. The minimum Gasteiger partial charge on any atom is -0.285 e. The summed E-state index contributed by atoms with van der Waals surface area (Å²) in [5.74, 6) is -1.13. The smallest absolute Gasteiger partial charge is 0.285 e. The number of nitrogens with one attached hydrogen (secondary N) is 1. The van der Waals surface area contributed by atoms with E-state index in [2.05, 4.69) is 20.2 Å². The molecule has 0 saturated carbocycles. The van der Waals surface area contributed by atoms with E-state index in [-0.39, 0.29) is 5.69 Å². The molecule has 0 aliphatic carbocycles. The van der Waals surface area contributed by atoms with E-state index < -0.39 is 12.0 Å². The lowest BCUT2D eigenvalue weighted by atomic mass is 10.1. The van der Waals surface area contributed by atoms with Gasteiger partial charge in [0.05, 0.1) is 11.9 Å². The Morgan fingerprint density at radius 1 is 1.18 bits per heavy atom. The molecule has 0 bridgehead atoms. The second-order valence-corrected chi connectivity index (χ2v) is 3.59. The molecule has 0 aliphatic heterocycles. The Hall–Kier alpha value is -1.92. The molecule has 17 heavy (non-hydrogen) atoms. The monoisotopic (exact) mass is 242 g/mol. The number of hydrogen-bond donors (Lipinski definition) is 1. The molecule has 0 amide bonds. The van der Waals surface area contributed by atoms with Crippen molar-refractivity contribution in [2.75, 3.05) is 0 Å². The average molecular weight is 242 g/mol. The molecule has 2 rings (SSSR count). The first-order chi connectivity index (χ1) is 7.89. The molecule has 4 nitrogen and oxygen atoms in total. The molecule has 0 aliphatic rings. The minimum absolute atomic E-state index is 0.249. The zero-order chi connectivity index (χ0) is 12.6.